The van der Waals surface area contributed by atoms with Gasteiger partial charge in [0.05, 0.1) is 12.3 Å². The summed E-state index contributed by atoms with van der Waals surface area (Å²) in [6.07, 6.45) is 7.91. The zero-order chi connectivity index (χ0) is 12.1. The molecule has 1 aromatic heterocycles. The molecule has 2 rings (SSSR count). The fourth-order valence-electron chi connectivity index (χ4n) is 1.49. The van der Waals surface area contributed by atoms with Crippen LogP contribution in [-0.4, -0.2) is 15.5 Å². The number of carbonyl (C=O) groups is 1. The molecule has 1 aromatic carbocycles. The van der Waals surface area contributed by atoms with E-state index in [2.05, 4.69) is 4.98 Å². The molecule has 0 amide bonds. The Kier molecular flexibility index (Phi) is 5.85. The summed E-state index contributed by atoms with van der Waals surface area (Å²) in [5.41, 5.74) is 1.97. The largest absolute Gasteiger partial charge is 1.00 e. The van der Waals surface area contributed by atoms with Gasteiger partial charge in [-0.1, -0.05) is 30.3 Å². The molecule has 0 saturated heterocycles. The third kappa shape index (κ3) is 4.49. The molecule has 0 aliphatic heterocycles. The van der Waals surface area contributed by atoms with Crippen molar-refractivity contribution in [1.82, 2.24) is 9.55 Å². The van der Waals surface area contributed by atoms with Gasteiger partial charge in [-0.15, -0.1) is 0 Å². The van der Waals surface area contributed by atoms with E-state index in [4.69, 9.17) is 0 Å². The predicted octanol–water partition coefficient (Wildman–Crippen LogP) is -2.30. The summed E-state index contributed by atoms with van der Waals surface area (Å²) < 4.78 is 1.96. The van der Waals surface area contributed by atoms with Crippen molar-refractivity contribution in [2.45, 2.75) is 6.54 Å². The number of nitrogens with zero attached hydrogens (tertiary/aromatic N) is 2. The average Bonchev–Trinajstić information content (AvgIpc) is 2.81. The number of carboxylic acid groups (broad SMARTS) is 1. The van der Waals surface area contributed by atoms with Gasteiger partial charge in [-0.2, -0.15) is 0 Å². The summed E-state index contributed by atoms with van der Waals surface area (Å²) in [6.45, 7) is 0.754. The van der Waals surface area contributed by atoms with Crippen LogP contribution in [0.3, 0.4) is 0 Å². The molecule has 0 unspecified atom stereocenters. The van der Waals surface area contributed by atoms with Crippen LogP contribution in [0, 0.1) is 0 Å². The zero-order valence-corrected chi connectivity index (χ0v) is 12.1. The van der Waals surface area contributed by atoms with Crippen molar-refractivity contribution in [2.75, 3.05) is 0 Å². The summed E-state index contributed by atoms with van der Waals surface area (Å²) in [5.74, 6) is -1.19. The first-order chi connectivity index (χ1) is 8.24. The molecule has 0 N–H and O–H groups in total. The number of rotatable bonds is 4. The SMILES string of the molecule is O=C([O-])/C=C/c1ccc(Cn2ccnc2)cc1.[Na+]. The van der Waals surface area contributed by atoms with Crippen LogP contribution in [0.5, 0.6) is 0 Å². The molecule has 1 heterocycles. The topological polar surface area (TPSA) is 57.9 Å². The Bertz CT molecular complexity index is 518. The van der Waals surface area contributed by atoms with Gasteiger partial charge in [-0.3, -0.25) is 0 Å². The minimum Gasteiger partial charge on any atom is -0.545 e. The predicted molar refractivity (Wildman–Crippen MR) is 61.8 cm³/mol. The number of hydrogen-bond donors (Lipinski definition) is 0. The Morgan fingerprint density at radius 2 is 2.06 bits per heavy atom. The van der Waals surface area contributed by atoms with E-state index < -0.39 is 5.97 Å². The summed E-state index contributed by atoms with van der Waals surface area (Å²) in [5, 5.41) is 10.2. The molecular formula is C13H11N2NaO2. The maximum atomic E-state index is 10.2. The van der Waals surface area contributed by atoms with Crippen molar-refractivity contribution in [2.24, 2.45) is 0 Å². The standard InChI is InChI=1S/C13H12N2O2.Na/c16-13(17)6-5-11-1-3-12(4-2-11)9-15-8-7-14-10-15;/h1-8,10H,9H2,(H,16,17);/q;+1/p-1/b6-5+;. The summed E-state index contributed by atoms with van der Waals surface area (Å²) in [4.78, 5) is 14.2. The Labute approximate surface area is 127 Å². The van der Waals surface area contributed by atoms with Crippen molar-refractivity contribution < 1.29 is 39.5 Å². The fraction of sp³-hybridized carbons (Fsp3) is 0.0769. The number of aliphatic carboxylic acids is 1. The van der Waals surface area contributed by atoms with Crippen LogP contribution in [0.1, 0.15) is 11.1 Å². The van der Waals surface area contributed by atoms with E-state index >= 15 is 0 Å². The first-order valence-electron chi connectivity index (χ1n) is 5.18. The van der Waals surface area contributed by atoms with E-state index in [9.17, 15) is 9.90 Å². The molecule has 0 saturated carbocycles. The number of benzene rings is 1. The van der Waals surface area contributed by atoms with Crippen LogP contribution >= 0.6 is 0 Å². The van der Waals surface area contributed by atoms with Crippen LogP contribution < -0.4 is 34.7 Å². The molecular weight excluding hydrogens is 239 g/mol. The Hall–Kier alpha value is -1.36. The summed E-state index contributed by atoms with van der Waals surface area (Å²) in [6, 6.07) is 7.64. The molecule has 86 valence electrons. The quantitative estimate of drug-likeness (QED) is 0.453. The van der Waals surface area contributed by atoms with Gasteiger partial charge < -0.3 is 14.5 Å². The van der Waals surface area contributed by atoms with Gasteiger partial charge in [0.1, 0.15) is 0 Å². The van der Waals surface area contributed by atoms with Crippen LogP contribution in [0.15, 0.2) is 49.1 Å². The second kappa shape index (κ2) is 7.16. The van der Waals surface area contributed by atoms with Gasteiger partial charge in [0.25, 0.3) is 0 Å². The maximum Gasteiger partial charge on any atom is 1.00 e. The van der Waals surface area contributed by atoms with Crippen LogP contribution in [0.25, 0.3) is 6.08 Å². The van der Waals surface area contributed by atoms with Crippen molar-refractivity contribution in [1.29, 1.82) is 0 Å². The molecule has 0 radical (unpaired) electrons. The second-order valence-electron chi connectivity index (χ2n) is 3.63. The number of carboxylic acids is 1. The molecule has 5 heteroatoms. The van der Waals surface area contributed by atoms with Gasteiger partial charge in [0.15, 0.2) is 0 Å². The molecule has 2 aromatic rings. The molecule has 0 aliphatic carbocycles. The third-order valence-electron chi connectivity index (χ3n) is 2.32. The zero-order valence-electron chi connectivity index (χ0n) is 10.1. The van der Waals surface area contributed by atoms with Gasteiger partial charge in [0.2, 0.25) is 0 Å². The normalized spacial score (nSPS) is 10.2. The number of carbonyl (C=O) groups excluding carboxylic acids is 1. The van der Waals surface area contributed by atoms with Crippen LogP contribution in [0.2, 0.25) is 0 Å². The van der Waals surface area contributed by atoms with Gasteiger partial charge >= 0.3 is 29.6 Å². The van der Waals surface area contributed by atoms with E-state index in [-0.39, 0.29) is 29.6 Å². The van der Waals surface area contributed by atoms with E-state index in [0.717, 1.165) is 23.7 Å². The molecule has 0 bridgehead atoms. The minimum atomic E-state index is -1.19. The fourth-order valence-corrected chi connectivity index (χ4v) is 1.49. The van der Waals surface area contributed by atoms with E-state index in [1.165, 1.54) is 6.08 Å². The Morgan fingerprint density at radius 3 is 2.61 bits per heavy atom. The van der Waals surface area contributed by atoms with E-state index in [1.807, 2.05) is 35.0 Å². The van der Waals surface area contributed by atoms with Gasteiger partial charge in [-0.25, -0.2) is 4.98 Å². The first-order valence-corrected chi connectivity index (χ1v) is 5.18. The van der Waals surface area contributed by atoms with E-state index in [0.29, 0.717) is 0 Å². The second-order valence-corrected chi connectivity index (χ2v) is 3.63. The molecule has 4 nitrogen and oxygen atoms in total. The third-order valence-corrected chi connectivity index (χ3v) is 2.32. The summed E-state index contributed by atoms with van der Waals surface area (Å²) in [7, 11) is 0. The van der Waals surface area contributed by atoms with Crippen molar-refractivity contribution in [3.05, 3.63) is 60.2 Å². The molecule has 0 atom stereocenters. The van der Waals surface area contributed by atoms with E-state index in [1.54, 1.807) is 12.5 Å². The Balaban J connectivity index is 0.00000162. The monoisotopic (exact) mass is 250 g/mol. The van der Waals surface area contributed by atoms with Crippen molar-refractivity contribution >= 4 is 12.0 Å². The summed E-state index contributed by atoms with van der Waals surface area (Å²) >= 11 is 0. The smallest absolute Gasteiger partial charge is 0.545 e. The number of imidazole rings is 1. The number of aromatic nitrogens is 2. The van der Waals surface area contributed by atoms with Gasteiger partial charge in [0, 0.05) is 18.9 Å². The maximum absolute atomic E-state index is 10.2. The van der Waals surface area contributed by atoms with Crippen molar-refractivity contribution in [3.63, 3.8) is 0 Å². The first kappa shape index (κ1) is 14.7. The molecule has 0 fully saturated rings. The van der Waals surface area contributed by atoms with Crippen LogP contribution in [-0.2, 0) is 11.3 Å². The van der Waals surface area contributed by atoms with Gasteiger partial charge in [-0.05, 0) is 17.2 Å². The molecule has 0 spiro atoms. The number of hydrogen-bond acceptors (Lipinski definition) is 3. The van der Waals surface area contributed by atoms with Crippen LogP contribution in [0.4, 0.5) is 0 Å². The molecule has 18 heavy (non-hydrogen) atoms. The average molecular weight is 250 g/mol. The minimum absolute atomic E-state index is 0. The van der Waals surface area contributed by atoms with Crippen molar-refractivity contribution in [3.8, 4) is 0 Å². The Morgan fingerprint density at radius 1 is 1.33 bits per heavy atom. The molecule has 0 aliphatic rings.